The standard InChI is InChI=1S/C21H13F4N3O4S/c22-15-9-16(23)19(25)20(18(15)24)27-17(29)10-33-14-3-1-2-12(8-14)26-21(30)11-4-6-13(7-5-11)28(31)32/h1-9H,10H2,(H,26,30)(H,27,29). The van der Waals surface area contributed by atoms with Crippen LogP contribution in [0.15, 0.2) is 59.5 Å². The highest BCUT2D eigenvalue weighted by molar-refractivity contribution is 8.00. The second-order valence-corrected chi connectivity index (χ2v) is 7.51. The molecule has 0 unspecified atom stereocenters. The number of benzene rings is 3. The zero-order valence-corrected chi connectivity index (χ0v) is 17.2. The fourth-order valence-electron chi connectivity index (χ4n) is 2.61. The molecule has 0 fully saturated rings. The quantitative estimate of drug-likeness (QED) is 0.161. The summed E-state index contributed by atoms with van der Waals surface area (Å²) in [6, 6.07) is 11.3. The van der Waals surface area contributed by atoms with E-state index in [1.165, 1.54) is 30.3 Å². The van der Waals surface area contributed by atoms with E-state index in [0.717, 1.165) is 11.8 Å². The number of anilines is 2. The first-order chi connectivity index (χ1) is 15.7. The molecule has 3 aromatic rings. The highest BCUT2D eigenvalue weighted by Gasteiger charge is 2.21. The zero-order chi connectivity index (χ0) is 24.1. The summed E-state index contributed by atoms with van der Waals surface area (Å²) in [5.41, 5.74) is -0.844. The molecular weight excluding hydrogens is 466 g/mol. The highest BCUT2D eigenvalue weighted by Crippen LogP contribution is 2.26. The van der Waals surface area contributed by atoms with Crippen LogP contribution in [0, 0.1) is 33.4 Å². The van der Waals surface area contributed by atoms with Gasteiger partial charge in [0.15, 0.2) is 23.3 Å². The van der Waals surface area contributed by atoms with Gasteiger partial charge in [0.25, 0.3) is 11.6 Å². The monoisotopic (exact) mass is 479 g/mol. The van der Waals surface area contributed by atoms with Gasteiger partial charge in [-0.1, -0.05) is 6.07 Å². The summed E-state index contributed by atoms with van der Waals surface area (Å²) in [4.78, 5) is 34.9. The highest BCUT2D eigenvalue weighted by atomic mass is 32.2. The normalized spacial score (nSPS) is 10.5. The van der Waals surface area contributed by atoms with Gasteiger partial charge in [-0.05, 0) is 30.3 Å². The van der Waals surface area contributed by atoms with E-state index in [9.17, 15) is 37.3 Å². The van der Waals surface area contributed by atoms with Gasteiger partial charge < -0.3 is 10.6 Å². The van der Waals surface area contributed by atoms with Crippen molar-refractivity contribution in [2.45, 2.75) is 4.90 Å². The summed E-state index contributed by atoms with van der Waals surface area (Å²) in [6.07, 6.45) is 0. The lowest BCUT2D eigenvalue weighted by atomic mass is 10.2. The second kappa shape index (κ2) is 10.1. The largest absolute Gasteiger partial charge is 0.322 e. The number of nitrogens with zero attached hydrogens (tertiary/aromatic N) is 1. The molecule has 0 saturated carbocycles. The topological polar surface area (TPSA) is 101 Å². The molecule has 0 atom stereocenters. The molecule has 0 saturated heterocycles. The number of nitro benzene ring substituents is 1. The summed E-state index contributed by atoms with van der Waals surface area (Å²) < 4.78 is 53.8. The maximum absolute atomic E-state index is 13.7. The van der Waals surface area contributed by atoms with Gasteiger partial charge in [0.1, 0.15) is 5.69 Å². The van der Waals surface area contributed by atoms with E-state index in [2.05, 4.69) is 5.32 Å². The molecule has 33 heavy (non-hydrogen) atoms. The fourth-order valence-corrected chi connectivity index (χ4v) is 3.36. The zero-order valence-electron chi connectivity index (χ0n) is 16.4. The Morgan fingerprint density at radius 2 is 1.55 bits per heavy atom. The molecular formula is C21H13F4N3O4S. The van der Waals surface area contributed by atoms with Gasteiger partial charge in [0.2, 0.25) is 5.91 Å². The lowest BCUT2D eigenvalue weighted by Crippen LogP contribution is -2.17. The minimum Gasteiger partial charge on any atom is -0.322 e. The molecule has 0 radical (unpaired) electrons. The molecule has 0 spiro atoms. The fraction of sp³-hybridized carbons (Fsp3) is 0.0476. The van der Waals surface area contributed by atoms with Crippen LogP contribution in [0.2, 0.25) is 0 Å². The van der Waals surface area contributed by atoms with Crippen molar-refractivity contribution in [2.24, 2.45) is 0 Å². The van der Waals surface area contributed by atoms with Crippen LogP contribution >= 0.6 is 11.8 Å². The summed E-state index contributed by atoms with van der Waals surface area (Å²) in [7, 11) is 0. The first-order valence-electron chi connectivity index (χ1n) is 9.07. The van der Waals surface area contributed by atoms with Gasteiger partial charge in [0.05, 0.1) is 10.7 Å². The van der Waals surface area contributed by atoms with Crippen molar-refractivity contribution >= 4 is 40.6 Å². The van der Waals surface area contributed by atoms with Crippen LogP contribution < -0.4 is 10.6 Å². The SMILES string of the molecule is O=C(CSc1cccc(NC(=O)c2ccc([N+](=O)[O-])cc2)c1)Nc1c(F)c(F)cc(F)c1F. The van der Waals surface area contributed by atoms with E-state index in [-0.39, 0.29) is 23.1 Å². The summed E-state index contributed by atoms with van der Waals surface area (Å²) in [5, 5.41) is 15.1. The molecule has 2 N–H and O–H groups in total. The van der Waals surface area contributed by atoms with Crippen LogP contribution in [-0.2, 0) is 4.79 Å². The van der Waals surface area contributed by atoms with E-state index in [1.54, 1.807) is 23.5 Å². The van der Waals surface area contributed by atoms with Crippen molar-refractivity contribution in [1.29, 1.82) is 0 Å². The van der Waals surface area contributed by atoms with E-state index < -0.39 is 45.7 Å². The van der Waals surface area contributed by atoms with Crippen LogP contribution in [-0.4, -0.2) is 22.5 Å². The number of carbonyl (C=O) groups excluding carboxylic acids is 2. The van der Waals surface area contributed by atoms with Gasteiger partial charge in [-0.15, -0.1) is 11.8 Å². The number of amides is 2. The molecule has 0 heterocycles. The summed E-state index contributed by atoms with van der Waals surface area (Å²) >= 11 is 0.939. The van der Waals surface area contributed by atoms with Crippen molar-refractivity contribution in [3.8, 4) is 0 Å². The van der Waals surface area contributed by atoms with Gasteiger partial charge >= 0.3 is 0 Å². The Labute approximate surface area is 188 Å². The number of nitrogens with one attached hydrogen (secondary N) is 2. The molecule has 3 rings (SSSR count). The Bertz CT molecular complexity index is 1210. The number of hydrogen-bond acceptors (Lipinski definition) is 5. The Kier molecular flexibility index (Phi) is 7.28. The molecule has 0 aliphatic carbocycles. The van der Waals surface area contributed by atoms with E-state index >= 15 is 0 Å². The van der Waals surface area contributed by atoms with Crippen molar-refractivity contribution in [1.82, 2.24) is 0 Å². The Balaban J connectivity index is 1.62. The third-order valence-corrected chi connectivity index (χ3v) is 5.17. The lowest BCUT2D eigenvalue weighted by Gasteiger charge is -2.10. The third kappa shape index (κ3) is 5.86. The van der Waals surface area contributed by atoms with Crippen LogP contribution in [0.3, 0.4) is 0 Å². The lowest BCUT2D eigenvalue weighted by molar-refractivity contribution is -0.384. The first kappa shape index (κ1) is 23.7. The van der Waals surface area contributed by atoms with Crippen LogP contribution in [0.5, 0.6) is 0 Å². The maximum Gasteiger partial charge on any atom is 0.269 e. The van der Waals surface area contributed by atoms with Crippen molar-refractivity contribution < 1.29 is 32.1 Å². The predicted octanol–water partition coefficient (Wildman–Crippen LogP) is 5.13. The van der Waals surface area contributed by atoms with Crippen LogP contribution in [0.4, 0.5) is 34.6 Å². The smallest absolute Gasteiger partial charge is 0.269 e. The minimum absolute atomic E-state index is 0.0333. The van der Waals surface area contributed by atoms with Crippen molar-refractivity contribution in [3.05, 3.63) is 93.5 Å². The molecule has 2 amide bonds. The number of thioether (sulfide) groups is 1. The Morgan fingerprint density at radius 1 is 0.909 bits per heavy atom. The van der Waals surface area contributed by atoms with Gasteiger partial charge in [-0.3, -0.25) is 19.7 Å². The number of halogens is 4. The Morgan fingerprint density at radius 3 is 2.15 bits per heavy atom. The number of carbonyl (C=O) groups is 2. The molecule has 0 aliphatic rings. The second-order valence-electron chi connectivity index (χ2n) is 6.47. The molecule has 170 valence electrons. The van der Waals surface area contributed by atoms with Gasteiger partial charge in [-0.25, -0.2) is 17.6 Å². The predicted molar refractivity (Wildman–Crippen MR) is 113 cm³/mol. The minimum atomic E-state index is -1.72. The molecule has 0 aromatic heterocycles. The third-order valence-electron chi connectivity index (χ3n) is 4.18. The van der Waals surface area contributed by atoms with E-state index in [4.69, 9.17) is 0 Å². The number of hydrogen-bond donors (Lipinski definition) is 2. The van der Waals surface area contributed by atoms with E-state index in [1.807, 2.05) is 0 Å². The molecule has 0 bridgehead atoms. The average molecular weight is 479 g/mol. The van der Waals surface area contributed by atoms with Crippen LogP contribution in [0.1, 0.15) is 10.4 Å². The van der Waals surface area contributed by atoms with E-state index in [0.29, 0.717) is 10.6 Å². The molecule has 3 aromatic carbocycles. The Hall–Kier alpha value is -3.93. The first-order valence-corrected chi connectivity index (χ1v) is 10.1. The van der Waals surface area contributed by atoms with Crippen LogP contribution in [0.25, 0.3) is 0 Å². The average Bonchev–Trinajstić information content (AvgIpc) is 2.79. The number of non-ortho nitro benzene ring substituents is 1. The van der Waals surface area contributed by atoms with Crippen molar-refractivity contribution in [3.63, 3.8) is 0 Å². The summed E-state index contributed by atoms with van der Waals surface area (Å²) in [6.45, 7) is 0. The molecule has 7 nitrogen and oxygen atoms in total. The van der Waals surface area contributed by atoms with Gasteiger partial charge in [-0.2, -0.15) is 0 Å². The number of rotatable bonds is 7. The summed E-state index contributed by atoms with van der Waals surface area (Å²) in [5.74, 6) is -8.52. The molecule has 0 aliphatic heterocycles. The number of nitro groups is 1. The van der Waals surface area contributed by atoms with Crippen molar-refractivity contribution in [2.75, 3.05) is 16.4 Å². The van der Waals surface area contributed by atoms with Gasteiger partial charge in [0, 0.05) is 34.3 Å². The molecule has 12 heteroatoms. The maximum atomic E-state index is 13.7.